The molecule has 0 aliphatic heterocycles. The van der Waals surface area contributed by atoms with Crippen LogP contribution >= 0.6 is 0 Å². The van der Waals surface area contributed by atoms with Gasteiger partial charge in [0.1, 0.15) is 5.56 Å². The molecule has 1 aromatic carbocycles. The fraction of sp³-hybridized carbons (Fsp3) is 0.111. The van der Waals surface area contributed by atoms with Crippen molar-refractivity contribution in [3.8, 4) is 11.5 Å². The number of methoxy groups -OCH3 is 1. The molecule has 6 nitrogen and oxygen atoms in total. The summed E-state index contributed by atoms with van der Waals surface area (Å²) in [6.45, 7) is 0. The van der Waals surface area contributed by atoms with Crippen molar-refractivity contribution in [3.05, 3.63) is 23.3 Å². The molecule has 3 N–H and O–H groups in total. The number of hydrogen-bond acceptors (Lipinski definition) is 4. The summed E-state index contributed by atoms with van der Waals surface area (Å²) in [6.07, 6.45) is 0. The van der Waals surface area contributed by atoms with E-state index in [-0.39, 0.29) is 11.3 Å². The number of aromatic hydroxyl groups is 1. The second-order valence-electron chi connectivity index (χ2n) is 2.68. The molecule has 80 valence electrons. The van der Waals surface area contributed by atoms with E-state index in [1.165, 1.54) is 7.11 Å². The minimum Gasteiger partial charge on any atom is -0.504 e. The Labute approximate surface area is 84.3 Å². The highest BCUT2D eigenvalue weighted by Gasteiger charge is 2.18. The van der Waals surface area contributed by atoms with Gasteiger partial charge in [-0.25, -0.2) is 9.59 Å². The summed E-state index contributed by atoms with van der Waals surface area (Å²) >= 11 is 0. The van der Waals surface area contributed by atoms with Crippen molar-refractivity contribution in [1.82, 2.24) is 0 Å². The second-order valence-corrected chi connectivity index (χ2v) is 2.68. The summed E-state index contributed by atoms with van der Waals surface area (Å²) in [5, 5.41) is 26.7. The van der Waals surface area contributed by atoms with Crippen molar-refractivity contribution in [1.29, 1.82) is 0 Å². The van der Waals surface area contributed by atoms with Crippen molar-refractivity contribution in [3.63, 3.8) is 0 Å². The highest BCUT2D eigenvalue weighted by molar-refractivity contribution is 5.97. The molecule has 0 amide bonds. The Morgan fingerprint density at radius 2 is 1.80 bits per heavy atom. The number of carbonyl (C=O) groups is 2. The first kappa shape index (κ1) is 10.8. The quantitative estimate of drug-likeness (QED) is 0.684. The normalized spacial score (nSPS) is 9.67. The van der Waals surface area contributed by atoms with Gasteiger partial charge < -0.3 is 20.1 Å². The molecule has 0 bridgehead atoms. The second kappa shape index (κ2) is 3.87. The number of hydrogen-bond donors (Lipinski definition) is 3. The molecule has 1 rings (SSSR count). The third-order valence-electron chi connectivity index (χ3n) is 1.77. The van der Waals surface area contributed by atoms with E-state index in [4.69, 9.17) is 10.2 Å². The number of carboxylic acid groups (broad SMARTS) is 2. The average Bonchev–Trinajstić information content (AvgIpc) is 2.17. The predicted octanol–water partition coefficient (Wildman–Crippen LogP) is 0.797. The van der Waals surface area contributed by atoms with Crippen molar-refractivity contribution in [2.75, 3.05) is 7.11 Å². The SMILES string of the molecule is COc1cc(C(=O)O)cc(C(=O)O)c1O. The zero-order valence-corrected chi connectivity index (χ0v) is 7.72. The lowest BCUT2D eigenvalue weighted by molar-refractivity contribution is 0.0693. The molecule has 1 aromatic rings. The third-order valence-corrected chi connectivity index (χ3v) is 1.77. The maximum absolute atomic E-state index is 10.7. The highest BCUT2D eigenvalue weighted by atomic mass is 16.5. The number of aromatic carboxylic acids is 2. The molecule has 0 aromatic heterocycles. The fourth-order valence-electron chi connectivity index (χ4n) is 1.05. The van der Waals surface area contributed by atoms with Crippen molar-refractivity contribution in [2.24, 2.45) is 0 Å². The van der Waals surface area contributed by atoms with Gasteiger partial charge >= 0.3 is 11.9 Å². The number of benzene rings is 1. The van der Waals surface area contributed by atoms with Crippen LogP contribution in [0, 0.1) is 0 Å². The van der Waals surface area contributed by atoms with Gasteiger partial charge in [-0.05, 0) is 12.1 Å². The van der Waals surface area contributed by atoms with E-state index in [2.05, 4.69) is 4.74 Å². The number of ether oxygens (including phenoxy) is 1. The lowest BCUT2D eigenvalue weighted by Gasteiger charge is -2.07. The van der Waals surface area contributed by atoms with E-state index < -0.39 is 23.3 Å². The Morgan fingerprint density at radius 1 is 1.20 bits per heavy atom. The van der Waals surface area contributed by atoms with E-state index in [0.29, 0.717) is 0 Å². The van der Waals surface area contributed by atoms with Gasteiger partial charge in [0.2, 0.25) is 0 Å². The summed E-state index contributed by atoms with van der Waals surface area (Å²) in [7, 11) is 1.20. The van der Waals surface area contributed by atoms with Crippen LogP contribution in [-0.2, 0) is 0 Å². The molecular formula is C9H8O6. The van der Waals surface area contributed by atoms with Crippen LogP contribution in [0.2, 0.25) is 0 Å². The number of phenols is 1. The molecule has 15 heavy (non-hydrogen) atoms. The van der Waals surface area contributed by atoms with Gasteiger partial charge in [-0.15, -0.1) is 0 Å². The van der Waals surface area contributed by atoms with Gasteiger partial charge in [0, 0.05) is 0 Å². The molecule has 0 radical (unpaired) electrons. The maximum Gasteiger partial charge on any atom is 0.339 e. The molecule has 0 atom stereocenters. The van der Waals surface area contributed by atoms with Gasteiger partial charge in [0.15, 0.2) is 11.5 Å². The Hall–Kier alpha value is -2.24. The highest BCUT2D eigenvalue weighted by Crippen LogP contribution is 2.31. The fourth-order valence-corrected chi connectivity index (χ4v) is 1.05. The zero-order chi connectivity index (χ0) is 11.6. The first-order valence-electron chi connectivity index (χ1n) is 3.85. The van der Waals surface area contributed by atoms with Crippen LogP contribution in [0.25, 0.3) is 0 Å². The smallest absolute Gasteiger partial charge is 0.339 e. The Bertz CT molecular complexity index is 423. The first-order chi connectivity index (χ1) is 6.97. The van der Waals surface area contributed by atoms with Gasteiger partial charge in [0.05, 0.1) is 12.7 Å². The van der Waals surface area contributed by atoms with E-state index in [1.54, 1.807) is 0 Å². The Balaban J connectivity index is 3.45. The zero-order valence-electron chi connectivity index (χ0n) is 7.72. The molecule has 0 aliphatic carbocycles. The van der Waals surface area contributed by atoms with E-state index in [9.17, 15) is 14.7 Å². The van der Waals surface area contributed by atoms with Crippen LogP contribution in [0.4, 0.5) is 0 Å². The minimum absolute atomic E-state index is 0.188. The Morgan fingerprint density at radius 3 is 2.20 bits per heavy atom. The topological polar surface area (TPSA) is 104 Å². The monoisotopic (exact) mass is 212 g/mol. The molecule has 6 heteroatoms. The lowest BCUT2D eigenvalue weighted by atomic mass is 10.1. The summed E-state index contributed by atoms with van der Waals surface area (Å²) in [5.41, 5.74) is -0.770. The van der Waals surface area contributed by atoms with Crippen molar-refractivity contribution < 1.29 is 29.6 Å². The average molecular weight is 212 g/mol. The number of rotatable bonds is 3. The van der Waals surface area contributed by atoms with Crippen molar-refractivity contribution >= 4 is 11.9 Å². The van der Waals surface area contributed by atoms with E-state index in [0.717, 1.165) is 12.1 Å². The molecule has 0 heterocycles. The van der Waals surface area contributed by atoms with Crippen LogP contribution in [0.3, 0.4) is 0 Å². The first-order valence-corrected chi connectivity index (χ1v) is 3.85. The van der Waals surface area contributed by atoms with Gasteiger partial charge in [0.25, 0.3) is 0 Å². The number of carboxylic acids is 2. The largest absolute Gasteiger partial charge is 0.504 e. The minimum atomic E-state index is -1.42. The van der Waals surface area contributed by atoms with Crippen LogP contribution in [-0.4, -0.2) is 34.4 Å². The predicted molar refractivity (Wildman–Crippen MR) is 48.6 cm³/mol. The van der Waals surface area contributed by atoms with E-state index in [1.807, 2.05) is 0 Å². The van der Waals surface area contributed by atoms with Crippen LogP contribution in [0.5, 0.6) is 11.5 Å². The van der Waals surface area contributed by atoms with Gasteiger partial charge in [-0.2, -0.15) is 0 Å². The van der Waals surface area contributed by atoms with Gasteiger partial charge in [-0.3, -0.25) is 0 Å². The molecule has 0 aliphatic rings. The summed E-state index contributed by atoms with van der Waals surface area (Å²) < 4.78 is 4.65. The standard InChI is InChI=1S/C9H8O6/c1-15-6-3-4(8(11)12)2-5(7(6)10)9(13)14/h2-3,10H,1H3,(H,11,12)(H,13,14). The van der Waals surface area contributed by atoms with Gasteiger partial charge in [-0.1, -0.05) is 0 Å². The lowest BCUT2D eigenvalue weighted by Crippen LogP contribution is -2.04. The molecule has 0 saturated heterocycles. The van der Waals surface area contributed by atoms with Crippen molar-refractivity contribution in [2.45, 2.75) is 0 Å². The third kappa shape index (κ3) is 1.98. The molecule has 0 fully saturated rings. The summed E-state index contributed by atoms with van der Waals surface area (Å²) in [6, 6.07) is 1.91. The van der Waals surface area contributed by atoms with Crippen LogP contribution in [0.1, 0.15) is 20.7 Å². The van der Waals surface area contributed by atoms with Crippen LogP contribution in [0.15, 0.2) is 12.1 Å². The Kier molecular flexibility index (Phi) is 2.80. The van der Waals surface area contributed by atoms with Crippen LogP contribution < -0.4 is 4.74 Å². The summed E-state index contributed by atoms with van der Waals surface area (Å²) in [4.78, 5) is 21.3. The summed E-state index contributed by atoms with van der Waals surface area (Å²) in [5.74, 6) is -3.49. The molecule has 0 spiro atoms. The maximum atomic E-state index is 10.7. The molecule has 0 unspecified atom stereocenters. The molecule has 0 saturated carbocycles. The van der Waals surface area contributed by atoms with E-state index >= 15 is 0 Å². The molecular weight excluding hydrogens is 204 g/mol.